The number of hydrogen-bond donors (Lipinski definition) is 4. The van der Waals surface area contributed by atoms with E-state index in [-0.39, 0.29) is 33.7 Å². The number of phenols is 2. The Kier molecular flexibility index (Phi) is 11.3. The molecule has 0 radical (unpaired) electrons. The van der Waals surface area contributed by atoms with Crippen molar-refractivity contribution in [2.24, 2.45) is 0 Å². The molecule has 2 aliphatic heterocycles. The summed E-state index contributed by atoms with van der Waals surface area (Å²) < 4.78 is 0. The van der Waals surface area contributed by atoms with Crippen molar-refractivity contribution in [1.29, 1.82) is 5.26 Å². The summed E-state index contributed by atoms with van der Waals surface area (Å²) in [6.45, 7) is 18.0. The van der Waals surface area contributed by atoms with Crippen LogP contribution in [-0.2, 0) is 0 Å². The summed E-state index contributed by atoms with van der Waals surface area (Å²) in [5, 5.41) is 54.2. The molecule has 2 aromatic heterocycles. The van der Waals surface area contributed by atoms with Gasteiger partial charge in [-0.3, -0.25) is 4.90 Å². The molecule has 12 heteroatoms. The molecule has 0 spiro atoms. The minimum atomic E-state index is 0.0531. The van der Waals surface area contributed by atoms with Crippen molar-refractivity contribution in [2.75, 3.05) is 24.3 Å². The van der Waals surface area contributed by atoms with Crippen LogP contribution >= 0.6 is 11.6 Å². The summed E-state index contributed by atoms with van der Waals surface area (Å²) in [6.07, 6.45) is 4.10. The molecule has 2 aliphatic rings. The molecule has 282 valence electrons. The number of likely N-dealkylation sites (tertiary alicyclic amines) is 1. The van der Waals surface area contributed by atoms with Gasteiger partial charge < -0.3 is 25.7 Å². The average molecular weight is 740 g/mol. The lowest BCUT2D eigenvalue weighted by molar-refractivity contribution is -0.00774. The number of nitrogens with one attached hydrogen (secondary N) is 2. The topological polar surface area (TPSA) is 146 Å². The van der Waals surface area contributed by atoms with E-state index < -0.39 is 0 Å². The maximum atomic E-state index is 10.1. The Bertz CT molecular complexity index is 1900. The molecule has 0 aliphatic carbocycles. The number of piperidine rings is 2. The lowest BCUT2D eigenvalue weighted by atomic mass is 9.77. The van der Waals surface area contributed by atoms with E-state index in [1.165, 1.54) is 12.1 Å². The van der Waals surface area contributed by atoms with Crippen LogP contribution in [0.15, 0.2) is 60.7 Å². The number of rotatable bonds is 6. The molecule has 11 nitrogen and oxygen atoms in total. The Hall–Kier alpha value is -4.50. The Labute approximate surface area is 319 Å². The molecular weight excluding hydrogens is 686 g/mol. The van der Waals surface area contributed by atoms with Crippen LogP contribution in [0.25, 0.3) is 22.5 Å². The SMILES string of the molecule is CN(c1ccc(-c2cc(C#N)ccc2O)nn1)C1CC(C)(C)NC(C)(C)C1.CN1C(C)(C)CC(Nc2ccc(-c3ccc(Cl)cc3O)nn2)CC1(C)C. The van der Waals surface area contributed by atoms with Crippen molar-refractivity contribution in [3.05, 3.63) is 71.2 Å². The molecule has 0 amide bonds. The van der Waals surface area contributed by atoms with Gasteiger partial charge in [-0.05, 0) is 149 Å². The number of aromatic nitrogens is 4. The summed E-state index contributed by atoms with van der Waals surface area (Å²) in [5.41, 5.74) is 3.11. The van der Waals surface area contributed by atoms with Crippen molar-refractivity contribution < 1.29 is 10.2 Å². The van der Waals surface area contributed by atoms with Gasteiger partial charge in [-0.25, -0.2) is 0 Å². The van der Waals surface area contributed by atoms with Gasteiger partial charge in [0.2, 0.25) is 0 Å². The number of halogens is 1. The molecule has 4 aromatic rings. The maximum absolute atomic E-state index is 10.1. The molecule has 0 saturated carbocycles. The van der Waals surface area contributed by atoms with E-state index >= 15 is 0 Å². The highest BCUT2D eigenvalue weighted by atomic mass is 35.5. The summed E-state index contributed by atoms with van der Waals surface area (Å²) in [6, 6.07) is 20.0. The van der Waals surface area contributed by atoms with Crippen LogP contribution < -0.4 is 15.5 Å². The van der Waals surface area contributed by atoms with Crippen molar-refractivity contribution in [3.63, 3.8) is 0 Å². The van der Waals surface area contributed by atoms with Crippen LogP contribution in [0.5, 0.6) is 11.5 Å². The third-order valence-electron chi connectivity index (χ3n) is 10.7. The molecule has 53 heavy (non-hydrogen) atoms. The van der Waals surface area contributed by atoms with E-state index in [2.05, 4.69) is 116 Å². The Morgan fingerprint density at radius 2 is 1.38 bits per heavy atom. The van der Waals surface area contributed by atoms with Crippen LogP contribution in [0.1, 0.15) is 86.6 Å². The third-order valence-corrected chi connectivity index (χ3v) is 10.9. The molecule has 4 N–H and O–H groups in total. The van der Waals surface area contributed by atoms with Gasteiger partial charge in [0.25, 0.3) is 0 Å². The van der Waals surface area contributed by atoms with Gasteiger partial charge >= 0.3 is 0 Å². The second kappa shape index (κ2) is 15.1. The van der Waals surface area contributed by atoms with Gasteiger partial charge in [-0.15, -0.1) is 20.4 Å². The highest BCUT2D eigenvalue weighted by Crippen LogP contribution is 2.38. The first kappa shape index (κ1) is 39.7. The van der Waals surface area contributed by atoms with Gasteiger partial charge in [0.05, 0.1) is 23.0 Å². The van der Waals surface area contributed by atoms with E-state index in [4.69, 9.17) is 16.9 Å². The average Bonchev–Trinajstić information content (AvgIpc) is 3.06. The fourth-order valence-corrected chi connectivity index (χ4v) is 8.32. The second-order valence-electron chi connectivity index (χ2n) is 17.1. The van der Waals surface area contributed by atoms with Gasteiger partial charge in [-0.2, -0.15) is 5.26 Å². The molecule has 4 heterocycles. The molecule has 6 rings (SSSR count). The van der Waals surface area contributed by atoms with Crippen LogP contribution in [0, 0.1) is 11.3 Å². The van der Waals surface area contributed by atoms with Crippen molar-refractivity contribution >= 4 is 23.2 Å². The lowest BCUT2D eigenvalue weighted by Crippen LogP contribution is -2.62. The molecule has 0 bridgehead atoms. The Morgan fingerprint density at radius 3 is 1.92 bits per heavy atom. The van der Waals surface area contributed by atoms with E-state index in [0.717, 1.165) is 37.3 Å². The fraction of sp³-hybridized carbons (Fsp3) is 0.488. The van der Waals surface area contributed by atoms with Gasteiger partial charge in [0, 0.05) is 57.4 Å². The van der Waals surface area contributed by atoms with Gasteiger partial charge in [-0.1, -0.05) is 11.6 Å². The summed E-state index contributed by atoms with van der Waals surface area (Å²) in [7, 11) is 4.25. The monoisotopic (exact) mass is 739 g/mol. The van der Waals surface area contributed by atoms with Crippen LogP contribution in [0.2, 0.25) is 5.02 Å². The quantitative estimate of drug-likeness (QED) is 0.152. The van der Waals surface area contributed by atoms with Crippen LogP contribution in [0.4, 0.5) is 11.6 Å². The zero-order chi connectivity index (χ0) is 38.9. The highest BCUT2D eigenvalue weighted by Gasteiger charge is 2.43. The van der Waals surface area contributed by atoms with Crippen LogP contribution in [0.3, 0.4) is 0 Å². The van der Waals surface area contributed by atoms with Crippen molar-refractivity contribution in [3.8, 4) is 40.1 Å². The first-order chi connectivity index (χ1) is 24.7. The van der Waals surface area contributed by atoms with E-state index in [1.807, 2.05) is 24.3 Å². The minimum absolute atomic E-state index is 0.0531. The smallest absolute Gasteiger partial charge is 0.151 e. The van der Waals surface area contributed by atoms with E-state index in [1.54, 1.807) is 24.3 Å². The number of hydrogen-bond acceptors (Lipinski definition) is 11. The minimum Gasteiger partial charge on any atom is -0.507 e. The molecular formula is C41H54ClN9O2. The summed E-state index contributed by atoms with van der Waals surface area (Å²) in [4.78, 5) is 4.64. The summed E-state index contributed by atoms with van der Waals surface area (Å²) in [5.74, 6) is 1.74. The van der Waals surface area contributed by atoms with Crippen molar-refractivity contribution in [2.45, 2.75) is 115 Å². The first-order valence-electron chi connectivity index (χ1n) is 18.1. The lowest BCUT2D eigenvalue weighted by Gasteiger charge is -2.53. The normalized spacial score (nSPS) is 19.4. The number of aromatic hydroxyl groups is 2. The number of phenolic OH excluding ortho intramolecular Hbond substituents is 2. The highest BCUT2D eigenvalue weighted by molar-refractivity contribution is 6.30. The zero-order valence-electron chi connectivity index (χ0n) is 32.7. The van der Waals surface area contributed by atoms with E-state index in [0.29, 0.717) is 45.2 Å². The number of anilines is 2. The second-order valence-corrected chi connectivity index (χ2v) is 17.5. The standard InChI is InChI=1S/C21H27N5O.C20H27ClN4O/c1-20(2)11-15(12-21(3,4)25-20)26(5)19-9-7-17(23-24-19)16-10-14(13-22)6-8-18(16)27;1-19(2)11-14(12-20(3,4)25(19)5)22-18-9-8-16(23-24-18)15-7-6-13(21)10-17(15)26/h6-10,15,25,27H,11-12H2,1-5H3;6-10,14,26H,11-12H2,1-5H3,(H,22,24). The fourth-order valence-electron chi connectivity index (χ4n) is 8.15. The Balaban J connectivity index is 0.000000204. The zero-order valence-corrected chi connectivity index (χ0v) is 33.4. The van der Waals surface area contributed by atoms with E-state index in [9.17, 15) is 10.2 Å². The molecule has 2 fully saturated rings. The number of nitrogens with zero attached hydrogens (tertiary/aromatic N) is 7. The van der Waals surface area contributed by atoms with Gasteiger partial charge in [0.1, 0.15) is 17.3 Å². The predicted octanol–water partition coefficient (Wildman–Crippen LogP) is 8.03. The largest absolute Gasteiger partial charge is 0.507 e. The number of nitriles is 1. The third kappa shape index (κ3) is 9.55. The first-order valence-corrected chi connectivity index (χ1v) is 18.5. The molecule has 2 saturated heterocycles. The predicted molar refractivity (Wildman–Crippen MR) is 213 cm³/mol. The molecule has 2 aromatic carbocycles. The Morgan fingerprint density at radius 1 is 0.774 bits per heavy atom. The van der Waals surface area contributed by atoms with Gasteiger partial charge in [0.15, 0.2) is 5.82 Å². The maximum Gasteiger partial charge on any atom is 0.151 e. The molecule has 0 atom stereocenters. The van der Waals surface area contributed by atoms with Crippen LogP contribution in [-0.4, -0.2) is 83.8 Å². The summed E-state index contributed by atoms with van der Waals surface area (Å²) >= 11 is 5.88. The number of benzene rings is 2. The molecule has 0 unspecified atom stereocenters. The van der Waals surface area contributed by atoms with Crippen molar-refractivity contribution in [1.82, 2.24) is 30.6 Å².